The highest BCUT2D eigenvalue weighted by Gasteiger charge is 2.13. The van der Waals surface area contributed by atoms with Crippen LogP contribution in [-0.4, -0.2) is 10.1 Å². The summed E-state index contributed by atoms with van der Waals surface area (Å²) in [6.45, 7) is 0. The van der Waals surface area contributed by atoms with E-state index in [1.165, 1.54) is 12.1 Å². The van der Waals surface area contributed by atoms with Crippen molar-refractivity contribution in [2.45, 2.75) is 0 Å². The minimum absolute atomic E-state index is 0.131. The number of aromatic nitrogens is 1. The van der Waals surface area contributed by atoms with Crippen molar-refractivity contribution in [2.24, 2.45) is 0 Å². The zero-order chi connectivity index (χ0) is 12.7. The van der Waals surface area contributed by atoms with Gasteiger partial charge in [-0.25, -0.2) is 8.78 Å². The second kappa shape index (κ2) is 3.84. The van der Waals surface area contributed by atoms with Crippen LogP contribution in [0.15, 0.2) is 42.6 Å². The first-order valence-corrected chi connectivity index (χ1v) is 5.41. The third-order valence-corrected chi connectivity index (χ3v) is 2.92. The number of aromatic amines is 1. The summed E-state index contributed by atoms with van der Waals surface area (Å²) in [4.78, 5) is 2.69. The molecule has 4 heteroatoms. The molecule has 0 atom stereocenters. The Morgan fingerprint density at radius 2 is 1.72 bits per heavy atom. The lowest BCUT2D eigenvalue weighted by Crippen LogP contribution is -1.89. The molecular formula is C14H9F2NO. The molecule has 0 bridgehead atoms. The molecule has 2 nitrogen and oxygen atoms in total. The molecule has 0 saturated heterocycles. The predicted octanol–water partition coefficient (Wildman–Crippen LogP) is 3.82. The highest BCUT2D eigenvalue weighted by Crippen LogP contribution is 2.32. The molecule has 0 aliphatic carbocycles. The van der Waals surface area contributed by atoms with Crippen LogP contribution in [0.2, 0.25) is 0 Å². The molecule has 3 rings (SSSR count). The van der Waals surface area contributed by atoms with E-state index in [0.29, 0.717) is 10.9 Å². The summed E-state index contributed by atoms with van der Waals surface area (Å²) >= 11 is 0. The molecule has 18 heavy (non-hydrogen) atoms. The van der Waals surface area contributed by atoms with Gasteiger partial charge in [0.25, 0.3) is 0 Å². The fourth-order valence-electron chi connectivity index (χ4n) is 2.04. The highest BCUT2D eigenvalue weighted by molar-refractivity contribution is 5.95. The van der Waals surface area contributed by atoms with Gasteiger partial charge in [-0.05, 0) is 35.4 Å². The van der Waals surface area contributed by atoms with Crippen LogP contribution >= 0.6 is 0 Å². The second-order valence-corrected chi connectivity index (χ2v) is 4.03. The van der Waals surface area contributed by atoms with E-state index in [2.05, 4.69) is 4.98 Å². The zero-order valence-corrected chi connectivity index (χ0v) is 9.24. The van der Waals surface area contributed by atoms with Crippen molar-refractivity contribution in [2.75, 3.05) is 0 Å². The molecule has 2 aromatic carbocycles. The van der Waals surface area contributed by atoms with Crippen molar-refractivity contribution in [1.29, 1.82) is 0 Å². The van der Waals surface area contributed by atoms with E-state index in [9.17, 15) is 13.9 Å². The summed E-state index contributed by atoms with van der Waals surface area (Å²) < 4.78 is 27.1. The average Bonchev–Trinajstić information content (AvgIpc) is 2.84. The lowest BCUT2D eigenvalue weighted by atomic mass is 10.0. The first-order chi connectivity index (χ1) is 8.66. The third kappa shape index (κ3) is 1.54. The summed E-state index contributed by atoms with van der Waals surface area (Å²) in [5.74, 6) is -1.64. The SMILES string of the molecule is Oc1ccc(-c2cc(F)c(F)c3[nH]ccc23)cc1. The molecule has 0 aliphatic heterocycles. The van der Waals surface area contributed by atoms with Gasteiger partial charge in [0.1, 0.15) is 5.75 Å². The molecular weight excluding hydrogens is 236 g/mol. The Balaban J connectivity index is 2.32. The Kier molecular flexibility index (Phi) is 2.30. The summed E-state index contributed by atoms with van der Waals surface area (Å²) in [6, 6.07) is 9.20. The number of H-pyrrole nitrogens is 1. The summed E-state index contributed by atoms with van der Waals surface area (Å²) in [5.41, 5.74) is 1.46. The molecule has 90 valence electrons. The largest absolute Gasteiger partial charge is 0.508 e. The molecule has 1 heterocycles. The van der Waals surface area contributed by atoms with E-state index in [1.807, 2.05) is 0 Å². The molecule has 3 aromatic rings. The third-order valence-electron chi connectivity index (χ3n) is 2.92. The average molecular weight is 245 g/mol. The number of halogens is 2. The fraction of sp³-hybridized carbons (Fsp3) is 0. The van der Waals surface area contributed by atoms with Crippen molar-refractivity contribution in [1.82, 2.24) is 4.98 Å². The van der Waals surface area contributed by atoms with Gasteiger partial charge in [0, 0.05) is 11.6 Å². The molecule has 0 radical (unpaired) electrons. The Hall–Kier alpha value is -2.36. The number of aromatic hydroxyl groups is 1. The van der Waals surface area contributed by atoms with E-state index in [4.69, 9.17) is 0 Å². The summed E-state index contributed by atoms with van der Waals surface area (Å²) in [6.07, 6.45) is 1.57. The number of benzene rings is 2. The minimum Gasteiger partial charge on any atom is -0.508 e. The molecule has 1 aromatic heterocycles. The van der Waals surface area contributed by atoms with Crippen molar-refractivity contribution in [3.8, 4) is 16.9 Å². The van der Waals surface area contributed by atoms with Crippen LogP contribution in [0.5, 0.6) is 5.75 Å². The molecule has 0 aliphatic rings. The smallest absolute Gasteiger partial charge is 0.182 e. The van der Waals surface area contributed by atoms with Gasteiger partial charge in [0.15, 0.2) is 11.6 Å². The number of hydrogen-bond acceptors (Lipinski definition) is 1. The normalized spacial score (nSPS) is 11.0. The number of nitrogens with one attached hydrogen (secondary N) is 1. The van der Waals surface area contributed by atoms with Gasteiger partial charge in [-0.1, -0.05) is 12.1 Å². The maximum absolute atomic E-state index is 13.5. The van der Waals surface area contributed by atoms with E-state index in [-0.39, 0.29) is 11.3 Å². The van der Waals surface area contributed by atoms with Gasteiger partial charge in [0.2, 0.25) is 0 Å². The number of phenols is 1. The van der Waals surface area contributed by atoms with Gasteiger partial charge in [0.05, 0.1) is 5.52 Å². The van der Waals surface area contributed by atoms with Gasteiger partial charge in [-0.15, -0.1) is 0 Å². The van der Waals surface area contributed by atoms with E-state index < -0.39 is 11.6 Å². The standard InChI is InChI=1S/C14H9F2NO/c15-12-7-11(8-1-3-9(18)4-2-8)10-5-6-17-14(10)13(12)16/h1-7,17-18H. The molecule has 0 fully saturated rings. The van der Waals surface area contributed by atoms with Gasteiger partial charge in [-0.3, -0.25) is 0 Å². The summed E-state index contributed by atoms with van der Waals surface area (Å²) in [7, 11) is 0. The summed E-state index contributed by atoms with van der Waals surface area (Å²) in [5, 5.41) is 9.85. The van der Waals surface area contributed by atoms with Gasteiger partial charge >= 0.3 is 0 Å². The molecule has 2 N–H and O–H groups in total. The molecule has 0 saturated carbocycles. The highest BCUT2D eigenvalue weighted by atomic mass is 19.2. The number of hydrogen-bond donors (Lipinski definition) is 2. The zero-order valence-electron chi connectivity index (χ0n) is 9.24. The van der Waals surface area contributed by atoms with Gasteiger partial charge in [-0.2, -0.15) is 0 Å². The van der Waals surface area contributed by atoms with Crippen LogP contribution in [0.25, 0.3) is 22.0 Å². The van der Waals surface area contributed by atoms with Gasteiger partial charge < -0.3 is 10.1 Å². The molecule has 0 amide bonds. The Morgan fingerprint density at radius 1 is 1.00 bits per heavy atom. The first-order valence-electron chi connectivity index (χ1n) is 5.41. The maximum atomic E-state index is 13.5. The topological polar surface area (TPSA) is 36.0 Å². The van der Waals surface area contributed by atoms with Crippen LogP contribution in [0.1, 0.15) is 0 Å². The Bertz CT molecular complexity index is 716. The van der Waals surface area contributed by atoms with Crippen molar-refractivity contribution < 1.29 is 13.9 Å². The fourth-order valence-corrected chi connectivity index (χ4v) is 2.04. The van der Waals surface area contributed by atoms with Crippen molar-refractivity contribution in [3.05, 3.63) is 54.2 Å². The van der Waals surface area contributed by atoms with Crippen molar-refractivity contribution >= 4 is 10.9 Å². The quantitative estimate of drug-likeness (QED) is 0.671. The Morgan fingerprint density at radius 3 is 2.44 bits per heavy atom. The van der Waals surface area contributed by atoms with Crippen LogP contribution < -0.4 is 0 Å². The monoisotopic (exact) mass is 245 g/mol. The van der Waals surface area contributed by atoms with E-state index in [1.54, 1.807) is 24.4 Å². The van der Waals surface area contributed by atoms with Crippen molar-refractivity contribution in [3.63, 3.8) is 0 Å². The van der Waals surface area contributed by atoms with Crippen LogP contribution in [0.4, 0.5) is 8.78 Å². The lowest BCUT2D eigenvalue weighted by Gasteiger charge is -2.06. The number of phenolic OH excluding ortho intramolecular Hbond substituents is 1. The minimum atomic E-state index is -0.895. The first kappa shape index (κ1) is 10.8. The number of fused-ring (bicyclic) bond motifs is 1. The van der Waals surface area contributed by atoms with Crippen LogP contribution in [-0.2, 0) is 0 Å². The van der Waals surface area contributed by atoms with Crippen LogP contribution in [0, 0.1) is 11.6 Å². The maximum Gasteiger partial charge on any atom is 0.182 e. The van der Waals surface area contributed by atoms with Crippen LogP contribution in [0.3, 0.4) is 0 Å². The van der Waals surface area contributed by atoms with E-state index in [0.717, 1.165) is 11.6 Å². The molecule has 0 spiro atoms. The second-order valence-electron chi connectivity index (χ2n) is 4.03. The number of rotatable bonds is 1. The lowest BCUT2D eigenvalue weighted by molar-refractivity contribution is 0.475. The predicted molar refractivity (Wildman–Crippen MR) is 65.3 cm³/mol. The molecule has 0 unspecified atom stereocenters. The Labute approximate surface area is 102 Å². The van der Waals surface area contributed by atoms with E-state index >= 15 is 0 Å².